The molecule has 0 bridgehead atoms. The molecule has 1 fully saturated rings. The van der Waals surface area contributed by atoms with Gasteiger partial charge in [0.2, 0.25) is 0 Å². The lowest BCUT2D eigenvalue weighted by Gasteiger charge is -2.19. The zero-order valence-electron chi connectivity index (χ0n) is 5.95. The summed E-state index contributed by atoms with van der Waals surface area (Å²) in [5.74, 6) is 0. The van der Waals surface area contributed by atoms with E-state index in [0.29, 0.717) is 13.0 Å². The van der Waals surface area contributed by atoms with E-state index in [9.17, 15) is 4.79 Å². The number of rotatable bonds is 0. The van der Waals surface area contributed by atoms with E-state index in [1.165, 1.54) is 4.90 Å². The lowest BCUT2D eigenvalue weighted by Crippen LogP contribution is -2.40. The molecule has 0 aromatic rings. The van der Waals surface area contributed by atoms with Crippen molar-refractivity contribution in [3.05, 3.63) is 0 Å². The van der Waals surface area contributed by atoms with Gasteiger partial charge in [-0.25, -0.2) is 4.79 Å². The Morgan fingerprint density at radius 1 is 1.80 bits per heavy atom. The first-order valence-corrected chi connectivity index (χ1v) is 3.37. The first-order chi connectivity index (χ1) is 4.63. The molecule has 4 nitrogen and oxygen atoms in total. The molecule has 58 valence electrons. The standard InChI is InChI=1S/C6H12N2O2/c1-4-5(9)2-3-8(4)6(7)10/h4-5,9H,2-3H2,1H3,(H2,7,10)/t4-,5-/m1/s1. The maximum absolute atomic E-state index is 10.6. The minimum Gasteiger partial charge on any atom is -0.391 e. The van der Waals surface area contributed by atoms with Crippen LogP contribution in [0.15, 0.2) is 0 Å². The third-order valence-electron chi connectivity index (χ3n) is 2.00. The summed E-state index contributed by atoms with van der Waals surface area (Å²) in [6, 6.07) is -0.554. The van der Waals surface area contributed by atoms with Gasteiger partial charge in [-0.1, -0.05) is 0 Å². The minimum atomic E-state index is -0.441. The Labute approximate surface area is 59.6 Å². The zero-order valence-corrected chi connectivity index (χ0v) is 5.95. The molecule has 0 spiro atoms. The SMILES string of the molecule is C[C@@H]1[C@H](O)CCN1C(N)=O. The fourth-order valence-corrected chi connectivity index (χ4v) is 1.23. The molecule has 2 amide bonds. The van der Waals surface area contributed by atoms with Gasteiger partial charge >= 0.3 is 6.03 Å². The molecule has 0 aromatic carbocycles. The highest BCUT2D eigenvalue weighted by atomic mass is 16.3. The topological polar surface area (TPSA) is 66.6 Å². The van der Waals surface area contributed by atoms with Crippen molar-refractivity contribution < 1.29 is 9.90 Å². The average molecular weight is 144 g/mol. The van der Waals surface area contributed by atoms with Crippen molar-refractivity contribution in [1.29, 1.82) is 0 Å². The number of likely N-dealkylation sites (tertiary alicyclic amines) is 1. The van der Waals surface area contributed by atoms with Crippen molar-refractivity contribution in [2.75, 3.05) is 6.54 Å². The van der Waals surface area contributed by atoms with Crippen molar-refractivity contribution in [3.63, 3.8) is 0 Å². The first kappa shape index (κ1) is 7.34. The second-order valence-electron chi connectivity index (χ2n) is 2.63. The Balaban J connectivity index is 2.57. The van der Waals surface area contributed by atoms with Crippen molar-refractivity contribution in [2.24, 2.45) is 5.73 Å². The van der Waals surface area contributed by atoms with Crippen LogP contribution in [-0.4, -0.2) is 34.7 Å². The van der Waals surface area contributed by atoms with Crippen molar-refractivity contribution in [1.82, 2.24) is 4.90 Å². The van der Waals surface area contributed by atoms with Crippen LogP contribution in [0.25, 0.3) is 0 Å². The summed E-state index contributed by atoms with van der Waals surface area (Å²) in [5, 5.41) is 9.17. The van der Waals surface area contributed by atoms with Crippen LogP contribution >= 0.6 is 0 Å². The molecule has 1 heterocycles. The molecular formula is C6H12N2O2. The summed E-state index contributed by atoms with van der Waals surface area (Å²) < 4.78 is 0. The second-order valence-corrected chi connectivity index (χ2v) is 2.63. The summed E-state index contributed by atoms with van der Waals surface area (Å²) in [7, 11) is 0. The highest BCUT2D eigenvalue weighted by molar-refractivity contribution is 5.72. The Morgan fingerprint density at radius 2 is 2.40 bits per heavy atom. The molecule has 1 aliphatic heterocycles. The molecule has 0 aliphatic carbocycles. The Bertz CT molecular complexity index is 149. The number of carbonyl (C=O) groups excluding carboxylic acids is 1. The van der Waals surface area contributed by atoms with Gasteiger partial charge in [0, 0.05) is 6.54 Å². The van der Waals surface area contributed by atoms with Gasteiger partial charge in [-0.2, -0.15) is 0 Å². The number of carbonyl (C=O) groups is 1. The van der Waals surface area contributed by atoms with Crippen molar-refractivity contribution >= 4 is 6.03 Å². The van der Waals surface area contributed by atoms with Crippen LogP contribution in [0.4, 0.5) is 4.79 Å². The summed E-state index contributed by atoms with van der Waals surface area (Å²) in [4.78, 5) is 12.1. The van der Waals surface area contributed by atoms with Gasteiger partial charge in [-0.05, 0) is 13.3 Å². The lowest BCUT2D eigenvalue weighted by atomic mass is 10.2. The molecule has 1 saturated heterocycles. The van der Waals surface area contributed by atoms with Crippen LogP contribution in [0.5, 0.6) is 0 Å². The minimum absolute atomic E-state index is 0.113. The summed E-state index contributed by atoms with van der Waals surface area (Å²) >= 11 is 0. The normalized spacial score (nSPS) is 32.8. The molecule has 2 atom stereocenters. The first-order valence-electron chi connectivity index (χ1n) is 3.37. The summed E-state index contributed by atoms with van der Waals surface area (Å²) in [5.41, 5.74) is 5.03. The largest absolute Gasteiger partial charge is 0.391 e. The fraction of sp³-hybridized carbons (Fsp3) is 0.833. The highest BCUT2D eigenvalue weighted by Gasteiger charge is 2.30. The number of aliphatic hydroxyl groups excluding tert-OH is 1. The van der Waals surface area contributed by atoms with E-state index < -0.39 is 12.1 Å². The predicted molar refractivity (Wildman–Crippen MR) is 36.4 cm³/mol. The Kier molecular flexibility index (Phi) is 1.80. The number of aliphatic hydroxyl groups is 1. The highest BCUT2D eigenvalue weighted by Crippen LogP contribution is 2.16. The third-order valence-corrected chi connectivity index (χ3v) is 2.00. The fourth-order valence-electron chi connectivity index (χ4n) is 1.23. The number of urea groups is 1. The predicted octanol–water partition coefficient (Wildman–Crippen LogP) is -0.480. The molecule has 0 aromatic heterocycles. The van der Waals surface area contributed by atoms with Gasteiger partial charge in [0.15, 0.2) is 0 Å². The van der Waals surface area contributed by atoms with E-state index in [4.69, 9.17) is 10.8 Å². The lowest BCUT2D eigenvalue weighted by molar-refractivity contribution is 0.134. The van der Waals surface area contributed by atoms with Gasteiger partial charge in [0.05, 0.1) is 12.1 Å². The molecule has 0 radical (unpaired) electrons. The van der Waals surface area contributed by atoms with E-state index >= 15 is 0 Å². The smallest absolute Gasteiger partial charge is 0.315 e. The quantitative estimate of drug-likeness (QED) is 0.482. The Morgan fingerprint density at radius 3 is 2.60 bits per heavy atom. The number of nitrogens with zero attached hydrogens (tertiary/aromatic N) is 1. The van der Waals surface area contributed by atoms with E-state index in [2.05, 4.69) is 0 Å². The average Bonchev–Trinajstić information content (AvgIpc) is 2.14. The van der Waals surface area contributed by atoms with Crippen LogP contribution in [0, 0.1) is 0 Å². The summed E-state index contributed by atoms with van der Waals surface area (Å²) in [6.45, 7) is 2.38. The monoisotopic (exact) mass is 144 g/mol. The van der Waals surface area contributed by atoms with Crippen molar-refractivity contribution in [2.45, 2.75) is 25.5 Å². The van der Waals surface area contributed by atoms with Crippen molar-refractivity contribution in [3.8, 4) is 0 Å². The molecule has 1 aliphatic rings. The van der Waals surface area contributed by atoms with Crippen LogP contribution in [0.1, 0.15) is 13.3 Å². The maximum Gasteiger partial charge on any atom is 0.315 e. The number of amides is 2. The number of nitrogens with two attached hydrogens (primary N) is 1. The summed E-state index contributed by atoms with van der Waals surface area (Å²) in [6.07, 6.45) is 0.247. The van der Waals surface area contributed by atoms with Crippen LogP contribution < -0.4 is 5.73 Å². The van der Waals surface area contributed by atoms with E-state index in [0.717, 1.165) is 0 Å². The van der Waals surface area contributed by atoms with Gasteiger partial charge < -0.3 is 15.7 Å². The van der Waals surface area contributed by atoms with Gasteiger partial charge in [0.1, 0.15) is 0 Å². The molecule has 3 N–H and O–H groups in total. The molecular weight excluding hydrogens is 132 g/mol. The maximum atomic E-state index is 10.6. The van der Waals surface area contributed by atoms with Crippen LogP contribution in [0.2, 0.25) is 0 Å². The molecule has 10 heavy (non-hydrogen) atoms. The Hall–Kier alpha value is -0.770. The van der Waals surface area contributed by atoms with Gasteiger partial charge in [-0.3, -0.25) is 0 Å². The molecule has 0 unspecified atom stereocenters. The van der Waals surface area contributed by atoms with E-state index in [1.807, 2.05) is 0 Å². The second kappa shape index (κ2) is 2.46. The van der Waals surface area contributed by atoms with Gasteiger partial charge in [0.25, 0.3) is 0 Å². The number of primary amides is 1. The number of hydrogen-bond acceptors (Lipinski definition) is 2. The zero-order chi connectivity index (χ0) is 7.72. The van der Waals surface area contributed by atoms with E-state index in [1.54, 1.807) is 6.92 Å². The third kappa shape index (κ3) is 1.07. The molecule has 1 rings (SSSR count). The van der Waals surface area contributed by atoms with Crippen LogP contribution in [-0.2, 0) is 0 Å². The molecule has 4 heteroatoms. The molecule has 0 saturated carbocycles. The van der Waals surface area contributed by atoms with Crippen LogP contribution in [0.3, 0.4) is 0 Å². The van der Waals surface area contributed by atoms with Gasteiger partial charge in [-0.15, -0.1) is 0 Å². The van der Waals surface area contributed by atoms with E-state index in [-0.39, 0.29) is 6.04 Å². The number of hydrogen-bond donors (Lipinski definition) is 2.